The summed E-state index contributed by atoms with van der Waals surface area (Å²) in [6.45, 7) is 5.54. The molecule has 1 aromatic heterocycles. The predicted molar refractivity (Wildman–Crippen MR) is 175 cm³/mol. The number of aromatic nitrogens is 1. The summed E-state index contributed by atoms with van der Waals surface area (Å²) in [4.78, 5) is 6.38. The van der Waals surface area contributed by atoms with Crippen LogP contribution in [-0.2, 0) is 22.7 Å². The first kappa shape index (κ1) is 32.0. The van der Waals surface area contributed by atoms with Gasteiger partial charge in [0.05, 0.1) is 11.2 Å². The molecule has 5 rings (SSSR count). The van der Waals surface area contributed by atoms with E-state index in [-0.39, 0.29) is 17.6 Å². The highest BCUT2D eigenvalue weighted by molar-refractivity contribution is 7.93. The second-order valence-corrected chi connectivity index (χ2v) is 16.2. The molecule has 43 heavy (non-hydrogen) atoms. The first-order valence-corrected chi connectivity index (χ1v) is 18.4. The maximum atomic E-state index is 13.4. The minimum atomic E-state index is -3.45. The second kappa shape index (κ2) is 14.6. The molecule has 2 atom stereocenters. The second-order valence-electron chi connectivity index (χ2n) is 12.8. The van der Waals surface area contributed by atoms with Gasteiger partial charge in [-0.15, -0.1) is 11.3 Å². The topological polar surface area (TPSA) is 74.1 Å². The number of thiazole rings is 1. The van der Waals surface area contributed by atoms with Crippen LogP contribution < -0.4 is 0 Å². The van der Waals surface area contributed by atoms with Crippen LogP contribution in [0.25, 0.3) is 0 Å². The lowest BCUT2D eigenvalue weighted by Gasteiger charge is -2.37. The summed E-state index contributed by atoms with van der Waals surface area (Å²) < 4.78 is 40.5. The monoisotopic (exact) mass is 623 g/mol. The molecule has 8 heteroatoms. The molecule has 0 radical (unpaired) electrons. The van der Waals surface area contributed by atoms with Crippen LogP contribution >= 0.6 is 11.3 Å². The number of rotatable bonds is 11. The van der Waals surface area contributed by atoms with E-state index in [0.717, 1.165) is 67.2 Å². The van der Waals surface area contributed by atoms with E-state index >= 15 is 0 Å². The van der Waals surface area contributed by atoms with E-state index < -0.39 is 9.84 Å². The molecule has 1 aliphatic heterocycles. The van der Waals surface area contributed by atoms with Crippen LogP contribution in [0.1, 0.15) is 96.5 Å². The highest BCUT2D eigenvalue weighted by Crippen LogP contribution is 2.41. The Kier molecular flexibility index (Phi) is 10.8. The Morgan fingerprint density at radius 2 is 1.79 bits per heavy atom. The molecule has 1 N–H and O–H groups in total. The Morgan fingerprint density at radius 1 is 1.05 bits per heavy atom. The van der Waals surface area contributed by atoms with Crippen molar-refractivity contribution in [2.24, 2.45) is 11.8 Å². The van der Waals surface area contributed by atoms with E-state index in [1.807, 2.05) is 19.1 Å². The molecule has 1 saturated carbocycles. The van der Waals surface area contributed by atoms with Gasteiger partial charge in [0.1, 0.15) is 15.9 Å². The van der Waals surface area contributed by atoms with Crippen molar-refractivity contribution in [2.45, 2.75) is 94.6 Å². The lowest BCUT2D eigenvalue weighted by molar-refractivity contribution is 0.196. The molecule has 0 spiro atoms. The van der Waals surface area contributed by atoms with Gasteiger partial charge in [0.15, 0.2) is 0 Å². The first-order valence-electron chi connectivity index (χ1n) is 16.0. The largest absolute Gasteiger partial charge is 0.308 e. The Labute approximate surface area is 261 Å². The Bertz CT molecular complexity index is 1480. The summed E-state index contributed by atoms with van der Waals surface area (Å²) >= 11 is 1.26. The third kappa shape index (κ3) is 8.40. The number of aryl methyl sites for hydroxylation is 4. The van der Waals surface area contributed by atoms with Gasteiger partial charge in [0, 0.05) is 12.8 Å². The molecule has 2 aliphatic rings. The first-order chi connectivity index (χ1) is 20.7. The number of sulfone groups is 1. The van der Waals surface area contributed by atoms with Gasteiger partial charge < -0.3 is 5.41 Å². The zero-order chi connectivity index (χ0) is 30.4. The zero-order valence-corrected chi connectivity index (χ0v) is 27.3. The summed E-state index contributed by atoms with van der Waals surface area (Å²) in [7, 11) is -3.45. The van der Waals surface area contributed by atoms with Gasteiger partial charge in [0.2, 0.25) is 9.84 Å². The number of benzene rings is 2. The van der Waals surface area contributed by atoms with Crippen LogP contribution in [0.5, 0.6) is 0 Å². The van der Waals surface area contributed by atoms with Crippen LogP contribution in [-0.4, -0.2) is 43.5 Å². The molecule has 2 fully saturated rings. The molecule has 0 bridgehead atoms. The fourth-order valence-corrected chi connectivity index (χ4v) is 9.95. The van der Waals surface area contributed by atoms with Gasteiger partial charge in [-0.1, -0.05) is 50.3 Å². The van der Waals surface area contributed by atoms with Crippen LogP contribution in [0.15, 0.2) is 46.8 Å². The van der Waals surface area contributed by atoms with E-state index in [0.29, 0.717) is 10.1 Å². The predicted octanol–water partition coefficient (Wildman–Crippen LogP) is 8.27. The fraction of sp³-hybridized carbons (Fsp3) is 0.543. The third-order valence-corrected chi connectivity index (χ3v) is 12.7. The number of hydrogen-bond acceptors (Lipinski definition) is 6. The quantitative estimate of drug-likeness (QED) is 0.218. The fourth-order valence-electron chi connectivity index (χ4n) is 7.36. The summed E-state index contributed by atoms with van der Waals surface area (Å²) in [5.74, 6) is 1.31. The van der Waals surface area contributed by atoms with Crippen molar-refractivity contribution in [3.63, 3.8) is 0 Å². The molecule has 2 heterocycles. The summed E-state index contributed by atoms with van der Waals surface area (Å²) in [6, 6.07) is 11.2. The standard InChI is InChI=1S/C35H46FN3O2S2/c1-25-18-29(12-7-10-27-13-15-32(36)16-14-27)31(21-37)20-33(25)34-23-39(24-43(40,41)35-22-38-26(2)42-35)17-6-5-11-30(34)19-28-8-3-4-9-28/h13-16,18,20-22,28,30,34,37H,3-12,17,19,23-24H2,1-2H3/t30?,34-/m0/s1. The molecule has 1 aliphatic carbocycles. The van der Waals surface area contributed by atoms with Crippen molar-refractivity contribution in [3.8, 4) is 0 Å². The molecule has 5 nitrogen and oxygen atoms in total. The highest BCUT2D eigenvalue weighted by Gasteiger charge is 2.33. The average Bonchev–Trinajstić information content (AvgIpc) is 3.66. The minimum absolute atomic E-state index is 0.0270. The molecule has 2 aromatic carbocycles. The highest BCUT2D eigenvalue weighted by atomic mass is 32.2. The number of halogens is 1. The van der Waals surface area contributed by atoms with Crippen LogP contribution in [0, 0.1) is 36.9 Å². The zero-order valence-electron chi connectivity index (χ0n) is 25.7. The Hall–Kier alpha value is -2.42. The van der Waals surface area contributed by atoms with Crippen LogP contribution in [0.3, 0.4) is 0 Å². The van der Waals surface area contributed by atoms with Crippen molar-refractivity contribution in [3.05, 3.63) is 81.2 Å². The van der Waals surface area contributed by atoms with Gasteiger partial charge in [-0.2, -0.15) is 0 Å². The number of nitrogens with one attached hydrogen (secondary N) is 1. The summed E-state index contributed by atoms with van der Waals surface area (Å²) in [5, 5.41) is 9.06. The van der Waals surface area contributed by atoms with Gasteiger partial charge >= 0.3 is 0 Å². The molecule has 232 valence electrons. The summed E-state index contributed by atoms with van der Waals surface area (Å²) in [6.07, 6.45) is 15.4. The van der Waals surface area contributed by atoms with E-state index in [4.69, 9.17) is 5.41 Å². The lowest BCUT2D eigenvalue weighted by atomic mass is 9.74. The molecule has 1 saturated heterocycles. The van der Waals surface area contributed by atoms with Gasteiger partial charge in [-0.25, -0.2) is 17.8 Å². The van der Waals surface area contributed by atoms with Gasteiger partial charge in [-0.3, -0.25) is 4.90 Å². The van der Waals surface area contributed by atoms with E-state index in [1.165, 1.54) is 91.1 Å². The minimum Gasteiger partial charge on any atom is -0.308 e. The van der Waals surface area contributed by atoms with Gasteiger partial charge in [0.25, 0.3) is 0 Å². The molecule has 3 aromatic rings. The van der Waals surface area contributed by atoms with Crippen LogP contribution in [0.4, 0.5) is 4.39 Å². The van der Waals surface area contributed by atoms with Crippen molar-refractivity contribution >= 4 is 27.4 Å². The lowest BCUT2D eigenvalue weighted by Crippen LogP contribution is -2.38. The van der Waals surface area contributed by atoms with E-state index in [2.05, 4.69) is 28.9 Å². The van der Waals surface area contributed by atoms with Crippen molar-refractivity contribution in [2.75, 3.05) is 19.0 Å². The Balaban J connectivity index is 1.40. The maximum Gasteiger partial charge on any atom is 0.202 e. The normalized spacial score (nSPS) is 20.6. The maximum absolute atomic E-state index is 13.4. The van der Waals surface area contributed by atoms with Crippen LogP contribution in [0.2, 0.25) is 0 Å². The van der Waals surface area contributed by atoms with Crippen molar-refractivity contribution in [1.29, 1.82) is 5.41 Å². The summed E-state index contributed by atoms with van der Waals surface area (Å²) in [5.41, 5.74) is 5.78. The molecule has 0 amide bonds. The number of hydrogen-bond donors (Lipinski definition) is 1. The van der Waals surface area contributed by atoms with E-state index in [9.17, 15) is 12.8 Å². The smallest absolute Gasteiger partial charge is 0.202 e. The average molecular weight is 624 g/mol. The SMILES string of the molecule is Cc1ncc(S(=O)(=O)CN2CCCCC(CC3CCCC3)[C@@H](c3cc(C=N)c(CCCc4ccc(F)cc4)cc3C)C2)s1. The molecule has 1 unspecified atom stereocenters. The van der Waals surface area contributed by atoms with Crippen molar-refractivity contribution < 1.29 is 12.8 Å². The Morgan fingerprint density at radius 3 is 2.49 bits per heavy atom. The molecular weight excluding hydrogens is 578 g/mol. The molecular formula is C35H46FN3O2S2. The van der Waals surface area contributed by atoms with E-state index in [1.54, 1.807) is 0 Å². The van der Waals surface area contributed by atoms with Gasteiger partial charge in [-0.05, 0) is 123 Å². The number of nitrogens with zero attached hydrogens (tertiary/aromatic N) is 2. The number of likely N-dealkylation sites (tertiary alicyclic amines) is 1. The van der Waals surface area contributed by atoms with Crippen molar-refractivity contribution in [1.82, 2.24) is 9.88 Å². The third-order valence-electron chi connectivity index (χ3n) is 9.60.